The van der Waals surface area contributed by atoms with Gasteiger partial charge in [0.05, 0.1) is 54.8 Å². The topological polar surface area (TPSA) is 115 Å². The van der Waals surface area contributed by atoms with Gasteiger partial charge in [0.15, 0.2) is 16.3 Å². The van der Waals surface area contributed by atoms with Crippen molar-refractivity contribution in [3.05, 3.63) is 118 Å². The number of carbonyl (C=O) groups excluding carboxylic acids is 2. The van der Waals surface area contributed by atoms with Gasteiger partial charge in [-0.1, -0.05) is 57.6 Å². The van der Waals surface area contributed by atoms with E-state index >= 15 is 0 Å². The highest BCUT2D eigenvalue weighted by atomic mass is 79.9. The summed E-state index contributed by atoms with van der Waals surface area (Å²) in [6.45, 7) is 5.92. The van der Waals surface area contributed by atoms with Gasteiger partial charge >= 0.3 is 11.9 Å². The monoisotopic (exact) mass is 720 g/mol. The smallest absolute Gasteiger partial charge is 0.338 e. The maximum atomic E-state index is 14.2. The van der Waals surface area contributed by atoms with Crippen LogP contribution in [-0.2, 0) is 20.9 Å². The van der Waals surface area contributed by atoms with E-state index in [1.807, 2.05) is 36.4 Å². The lowest BCUT2D eigenvalue weighted by atomic mass is 9.95. The van der Waals surface area contributed by atoms with Crippen LogP contribution >= 0.6 is 27.3 Å². The molecular formula is C35H33BrN2O8S. The number of halogens is 1. The van der Waals surface area contributed by atoms with Crippen molar-refractivity contribution < 1.29 is 33.3 Å². The average Bonchev–Trinajstić information content (AvgIpc) is 3.37. The van der Waals surface area contributed by atoms with Crippen LogP contribution in [0.5, 0.6) is 17.2 Å². The predicted octanol–water partition coefficient (Wildman–Crippen LogP) is 5.33. The molecule has 0 saturated carbocycles. The zero-order valence-electron chi connectivity index (χ0n) is 26.5. The van der Waals surface area contributed by atoms with Gasteiger partial charge in [-0.15, -0.1) is 0 Å². The summed E-state index contributed by atoms with van der Waals surface area (Å²) in [5.41, 5.74) is 2.97. The molecule has 0 amide bonds. The Morgan fingerprint density at radius 3 is 2.28 bits per heavy atom. The summed E-state index contributed by atoms with van der Waals surface area (Å²) in [6, 6.07) is 17.0. The fraction of sp³-hybridized carbons (Fsp3) is 0.257. The van der Waals surface area contributed by atoms with Gasteiger partial charge in [0, 0.05) is 10.0 Å². The third-order valence-electron chi connectivity index (χ3n) is 7.38. The predicted molar refractivity (Wildman–Crippen MR) is 181 cm³/mol. The van der Waals surface area contributed by atoms with E-state index in [9.17, 15) is 14.4 Å². The van der Waals surface area contributed by atoms with Crippen molar-refractivity contribution in [1.82, 2.24) is 4.57 Å². The Balaban J connectivity index is 1.56. The third kappa shape index (κ3) is 7.03. The first kappa shape index (κ1) is 33.7. The van der Waals surface area contributed by atoms with Crippen molar-refractivity contribution in [3.8, 4) is 17.2 Å². The minimum Gasteiger partial charge on any atom is -0.493 e. The van der Waals surface area contributed by atoms with Crippen molar-refractivity contribution in [3.63, 3.8) is 0 Å². The summed E-state index contributed by atoms with van der Waals surface area (Å²) in [7, 11) is 3.05. The van der Waals surface area contributed by atoms with Crippen molar-refractivity contribution in [2.24, 2.45) is 4.99 Å². The van der Waals surface area contributed by atoms with E-state index in [4.69, 9.17) is 23.7 Å². The first-order chi connectivity index (χ1) is 22.7. The number of allylic oxidation sites excluding steroid dienone is 1. The number of hydrogen-bond acceptors (Lipinski definition) is 10. The summed E-state index contributed by atoms with van der Waals surface area (Å²) in [4.78, 5) is 44.6. The molecule has 1 aromatic heterocycles. The van der Waals surface area contributed by atoms with E-state index in [2.05, 4.69) is 20.9 Å². The molecule has 4 aromatic rings. The molecule has 0 radical (unpaired) electrons. The quantitative estimate of drug-likeness (QED) is 0.191. The van der Waals surface area contributed by atoms with Gasteiger partial charge in [0.25, 0.3) is 5.56 Å². The van der Waals surface area contributed by atoms with E-state index < -0.39 is 12.0 Å². The van der Waals surface area contributed by atoms with Crippen LogP contribution in [0.25, 0.3) is 6.08 Å². The molecule has 1 atom stereocenters. The number of methoxy groups -OCH3 is 2. The van der Waals surface area contributed by atoms with E-state index in [1.54, 1.807) is 51.1 Å². The third-order valence-corrected chi connectivity index (χ3v) is 9.05. The lowest BCUT2D eigenvalue weighted by molar-refractivity contribution is -0.139. The molecule has 2 heterocycles. The molecule has 47 heavy (non-hydrogen) atoms. The van der Waals surface area contributed by atoms with E-state index in [1.165, 1.54) is 30.1 Å². The molecule has 0 bridgehead atoms. The van der Waals surface area contributed by atoms with Gasteiger partial charge in [0.1, 0.15) is 12.4 Å². The SMILES string of the molecule is CCOC(=O)C1=C(C)N=c2s/c(=C\c3ccccc3OCc3ccc(C(=O)OCC)cc3)c(=O)n2[C@@H]1c1cc(OC)c(OC)cc1Br. The zero-order chi connectivity index (χ0) is 33.7. The Bertz CT molecular complexity index is 2030. The lowest BCUT2D eigenvalue weighted by Gasteiger charge is -2.26. The summed E-state index contributed by atoms with van der Waals surface area (Å²) < 4.78 is 30.2. The van der Waals surface area contributed by atoms with Crippen molar-refractivity contribution in [2.75, 3.05) is 27.4 Å². The number of thiazole rings is 1. The molecule has 244 valence electrons. The fourth-order valence-corrected chi connectivity index (χ4v) is 6.73. The van der Waals surface area contributed by atoms with E-state index in [0.29, 0.717) is 60.0 Å². The van der Waals surface area contributed by atoms with Crippen molar-refractivity contribution >= 4 is 45.3 Å². The first-order valence-electron chi connectivity index (χ1n) is 14.8. The molecule has 0 spiro atoms. The molecule has 5 rings (SSSR count). The van der Waals surface area contributed by atoms with Crippen LogP contribution in [0.4, 0.5) is 0 Å². The molecule has 0 saturated heterocycles. The minimum atomic E-state index is -0.856. The van der Waals surface area contributed by atoms with E-state index in [0.717, 1.165) is 5.56 Å². The van der Waals surface area contributed by atoms with Crippen molar-refractivity contribution in [2.45, 2.75) is 33.4 Å². The normalized spacial score (nSPS) is 14.3. The van der Waals surface area contributed by atoms with Gasteiger partial charge in [-0.05, 0) is 68.3 Å². The van der Waals surface area contributed by atoms with Crippen LogP contribution in [0.1, 0.15) is 53.9 Å². The summed E-state index contributed by atoms with van der Waals surface area (Å²) >= 11 is 4.84. The Labute approximate surface area is 283 Å². The van der Waals surface area contributed by atoms with E-state index in [-0.39, 0.29) is 30.3 Å². The number of nitrogens with zero attached hydrogens (tertiary/aromatic N) is 2. The molecule has 1 aliphatic heterocycles. The molecule has 12 heteroatoms. The summed E-state index contributed by atoms with van der Waals surface area (Å²) in [6.07, 6.45) is 1.76. The highest BCUT2D eigenvalue weighted by molar-refractivity contribution is 9.10. The standard InChI is InChI=1S/C35H33BrN2O8S/c1-6-44-33(40)22-14-12-21(13-15-22)19-46-26-11-9-8-10-23(26)16-29-32(39)38-31(24-17-27(42-4)28(43-5)18-25(24)36)30(34(41)45-7-2)20(3)37-35(38)47-29/h8-18,31H,6-7,19H2,1-5H3/b29-16-/t31-/m1/s1. The highest BCUT2D eigenvalue weighted by Crippen LogP contribution is 2.40. The second-order valence-corrected chi connectivity index (χ2v) is 12.1. The first-order valence-corrected chi connectivity index (χ1v) is 16.4. The number of hydrogen-bond donors (Lipinski definition) is 0. The number of para-hydroxylation sites is 1. The molecule has 0 N–H and O–H groups in total. The van der Waals surface area contributed by atoms with Gasteiger partial charge in [0.2, 0.25) is 0 Å². The summed E-state index contributed by atoms with van der Waals surface area (Å²) in [5.74, 6) is 0.545. The second kappa shape index (κ2) is 14.8. The van der Waals surface area contributed by atoms with Crippen LogP contribution in [0.3, 0.4) is 0 Å². The number of benzene rings is 3. The summed E-state index contributed by atoms with van der Waals surface area (Å²) in [5, 5.41) is 0. The fourth-order valence-electron chi connectivity index (χ4n) is 5.15. The van der Waals surface area contributed by atoms with Crippen LogP contribution in [0.2, 0.25) is 0 Å². The molecule has 0 aliphatic carbocycles. The number of rotatable bonds is 11. The highest BCUT2D eigenvalue weighted by Gasteiger charge is 2.35. The molecule has 0 fully saturated rings. The van der Waals surface area contributed by atoms with Crippen molar-refractivity contribution in [1.29, 1.82) is 0 Å². The largest absolute Gasteiger partial charge is 0.493 e. The Morgan fingerprint density at radius 2 is 1.60 bits per heavy atom. The van der Waals surface area contributed by atoms with Crippen LogP contribution < -0.4 is 29.1 Å². The number of ether oxygens (including phenoxy) is 5. The molecule has 1 aliphatic rings. The molecular weight excluding hydrogens is 688 g/mol. The van der Waals surface area contributed by atoms with Crippen LogP contribution in [0.15, 0.2) is 86.2 Å². The zero-order valence-corrected chi connectivity index (χ0v) is 28.9. The average molecular weight is 722 g/mol. The maximum Gasteiger partial charge on any atom is 0.338 e. The second-order valence-electron chi connectivity index (χ2n) is 10.3. The number of carbonyl (C=O) groups is 2. The lowest BCUT2D eigenvalue weighted by Crippen LogP contribution is -2.40. The number of esters is 2. The minimum absolute atomic E-state index is 0.159. The Morgan fingerprint density at radius 1 is 0.936 bits per heavy atom. The molecule has 10 nitrogen and oxygen atoms in total. The van der Waals surface area contributed by atoms with Gasteiger partial charge in [-0.2, -0.15) is 0 Å². The maximum absolute atomic E-state index is 14.2. The van der Waals surface area contributed by atoms with Gasteiger partial charge in [-0.3, -0.25) is 9.36 Å². The number of aromatic nitrogens is 1. The number of fused-ring (bicyclic) bond motifs is 1. The Hall–Kier alpha value is -4.68. The Kier molecular flexibility index (Phi) is 10.6. The molecule has 0 unspecified atom stereocenters. The van der Waals surface area contributed by atoms with Gasteiger partial charge < -0.3 is 23.7 Å². The van der Waals surface area contributed by atoms with Crippen LogP contribution in [-0.4, -0.2) is 43.9 Å². The van der Waals surface area contributed by atoms with Gasteiger partial charge in [-0.25, -0.2) is 14.6 Å². The molecule has 3 aromatic carbocycles. The van der Waals surface area contributed by atoms with Crippen LogP contribution in [0, 0.1) is 0 Å².